The highest BCUT2D eigenvalue weighted by Crippen LogP contribution is 2.57. The largest absolute Gasteiger partial charge is 0.411 e. The highest BCUT2D eigenvalue weighted by Gasteiger charge is 2.72. The molecule has 12 rings (SSSR count). The number of hydrogen-bond donors (Lipinski definition) is 0. The van der Waals surface area contributed by atoms with E-state index in [0.717, 1.165) is 90.9 Å². The minimum Gasteiger partial charge on any atom is -0.310 e. The Morgan fingerprint density at radius 2 is 0.557 bits per heavy atom. The molecule has 9 heteroatoms. The van der Waals surface area contributed by atoms with Crippen LogP contribution in [0.25, 0.3) is 27.6 Å². The number of halogens is 6. The maximum absolute atomic E-state index is 15.5. The number of aryl methyl sites for hydroxylation is 6. The van der Waals surface area contributed by atoms with E-state index in [9.17, 15) is 0 Å². The SMILES string of the molecule is C=Cc1cccc(N(c2ccc(C)cc2)c2ccc(C)cc2)c1.Cc1ccc(C)cc1.Cc1ccc(N(c2ccc(C(c3ccc(N(c4ccc(C)cc4)c4cccc5ccccc45)cc3)(C(F)(F)F)C(F)(F)F)cc2)c2cccc3ccccc23)cc1. The van der Waals surface area contributed by atoms with Crippen molar-refractivity contribution in [3.63, 3.8) is 0 Å². The summed E-state index contributed by atoms with van der Waals surface area (Å²) in [6, 6.07) is 85.1. The van der Waals surface area contributed by atoms with Crippen molar-refractivity contribution < 1.29 is 26.3 Å². The maximum atomic E-state index is 15.5. The number of anilines is 9. The Labute approximate surface area is 512 Å². The molecule has 0 aliphatic carbocycles. The number of rotatable bonds is 12. The van der Waals surface area contributed by atoms with Crippen LogP contribution in [0.1, 0.15) is 50.1 Å². The smallest absolute Gasteiger partial charge is 0.310 e. The van der Waals surface area contributed by atoms with Gasteiger partial charge in [-0.05, 0) is 166 Å². The van der Waals surface area contributed by atoms with E-state index in [2.05, 4.69) is 136 Å². The molecule has 0 unspecified atom stereocenters. The quantitative estimate of drug-likeness (QED) is 0.113. The molecule has 0 aliphatic heterocycles. The van der Waals surface area contributed by atoms with Crippen LogP contribution in [0.3, 0.4) is 0 Å². The molecule has 12 aromatic carbocycles. The normalized spacial score (nSPS) is 11.5. The zero-order valence-electron chi connectivity index (χ0n) is 50.0. The van der Waals surface area contributed by atoms with Crippen LogP contribution in [-0.2, 0) is 5.41 Å². The molecule has 0 saturated carbocycles. The van der Waals surface area contributed by atoms with Gasteiger partial charge in [0.15, 0.2) is 0 Å². The summed E-state index contributed by atoms with van der Waals surface area (Å²) >= 11 is 0. The molecular weight excluding hydrogens is 1100 g/mol. The lowest BCUT2D eigenvalue weighted by atomic mass is 9.72. The lowest BCUT2D eigenvalue weighted by Crippen LogP contribution is -2.54. The Hall–Kier alpha value is -10.1. The van der Waals surface area contributed by atoms with Gasteiger partial charge in [-0.1, -0.05) is 228 Å². The summed E-state index contributed by atoms with van der Waals surface area (Å²) in [7, 11) is 0. The number of fused-ring (bicyclic) bond motifs is 2. The molecule has 0 N–H and O–H groups in total. The Balaban J connectivity index is 0.000000225. The van der Waals surface area contributed by atoms with Gasteiger partial charge in [-0.15, -0.1) is 0 Å². The molecule has 0 heterocycles. The fourth-order valence-corrected chi connectivity index (χ4v) is 11.0. The summed E-state index contributed by atoms with van der Waals surface area (Å²) in [5.41, 5.74) is 9.16. The zero-order valence-corrected chi connectivity index (χ0v) is 50.0. The second-order valence-corrected chi connectivity index (χ2v) is 22.1. The summed E-state index contributed by atoms with van der Waals surface area (Å²) in [5.74, 6) is 0. The average Bonchev–Trinajstić information content (AvgIpc) is 0.918. The van der Waals surface area contributed by atoms with Gasteiger partial charge >= 0.3 is 12.4 Å². The minimum atomic E-state index is -5.76. The van der Waals surface area contributed by atoms with Crippen molar-refractivity contribution in [2.24, 2.45) is 0 Å². The maximum Gasteiger partial charge on any atom is 0.411 e. The second-order valence-electron chi connectivity index (χ2n) is 22.1. The van der Waals surface area contributed by atoms with Crippen molar-refractivity contribution in [3.8, 4) is 0 Å². The minimum absolute atomic E-state index is 0.399. The second kappa shape index (κ2) is 26.2. The Morgan fingerprint density at radius 1 is 0.284 bits per heavy atom. The zero-order chi connectivity index (χ0) is 62.2. The average molecular weight is 1170 g/mol. The van der Waals surface area contributed by atoms with Crippen LogP contribution < -0.4 is 14.7 Å². The first-order valence-corrected chi connectivity index (χ1v) is 29.1. The van der Waals surface area contributed by atoms with Gasteiger partial charge in [0.2, 0.25) is 5.41 Å². The van der Waals surface area contributed by atoms with E-state index in [1.165, 1.54) is 46.5 Å². The van der Waals surface area contributed by atoms with Crippen LogP contribution in [-0.4, -0.2) is 12.4 Å². The van der Waals surface area contributed by atoms with Crippen LogP contribution in [0.4, 0.5) is 77.5 Å². The molecule has 440 valence electrons. The van der Waals surface area contributed by atoms with Gasteiger partial charge in [-0.3, -0.25) is 0 Å². The number of hydrogen-bond acceptors (Lipinski definition) is 3. The molecule has 12 aromatic rings. The Bertz CT molecular complexity index is 4020. The number of nitrogens with zero attached hydrogens (tertiary/aromatic N) is 3. The summed E-state index contributed by atoms with van der Waals surface area (Å²) < 4.78 is 93.0. The Morgan fingerprint density at radius 3 is 0.875 bits per heavy atom. The third-order valence-electron chi connectivity index (χ3n) is 15.7. The van der Waals surface area contributed by atoms with Crippen LogP contribution in [0.2, 0.25) is 0 Å². The van der Waals surface area contributed by atoms with Crippen molar-refractivity contribution in [2.45, 2.75) is 59.3 Å². The predicted molar refractivity (Wildman–Crippen MR) is 356 cm³/mol. The molecule has 0 spiro atoms. The van der Waals surface area contributed by atoms with Gasteiger partial charge in [0.25, 0.3) is 0 Å². The topological polar surface area (TPSA) is 9.72 Å². The fourth-order valence-electron chi connectivity index (χ4n) is 11.0. The summed E-state index contributed by atoms with van der Waals surface area (Å²) in [6.07, 6.45) is -9.63. The van der Waals surface area contributed by atoms with Crippen molar-refractivity contribution in [1.29, 1.82) is 0 Å². The lowest BCUT2D eigenvalue weighted by molar-refractivity contribution is -0.288. The van der Waals surface area contributed by atoms with Crippen molar-refractivity contribution in [1.82, 2.24) is 0 Å². The fraction of sp³-hybridized carbons (Fsp3) is 0.114. The van der Waals surface area contributed by atoms with Gasteiger partial charge < -0.3 is 14.7 Å². The molecule has 0 aliphatic rings. The Kier molecular flexibility index (Phi) is 18.2. The van der Waals surface area contributed by atoms with Gasteiger partial charge in [0.05, 0.1) is 11.4 Å². The highest BCUT2D eigenvalue weighted by atomic mass is 19.4. The van der Waals surface area contributed by atoms with Gasteiger partial charge in [-0.2, -0.15) is 26.3 Å². The van der Waals surface area contributed by atoms with Crippen LogP contribution in [0, 0.1) is 41.5 Å². The number of benzene rings is 12. The lowest BCUT2D eigenvalue weighted by Gasteiger charge is -2.39. The summed E-state index contributed by atoms with van der Waals surface area (Å²) in [4.78, 5) is 5.96. The standard InChI is InChI=1S/C49H36F6N2.C22H21N.C8H10/c1-33-17-25-39(26-18-33)56(45-15-7-11-35-9-3-5-13-43(35)45)41-29-21-37(22-30-41)47(48(50,51)52,49(53,54)55)38-23-31-42(32-24-38)57(40-27-19-34(2)20-28-40)46-16-8-12-36-10-4-6-14-44(36)46;1-4-19-6-5-7-22(16-19)23(20-12-8-17(2)9-13-20)21-14-10-18(3)11-15-21;1-7-3-5-8(2)6-4-7/h3-32H,1-2H3;4-16H,1H2,2-3H3;3-6H,1-2H3. The van der Waals surface area contributed by atoms with E-state index in [0.29, 0.717) is 22.7 Å². The van der Waals surface area contributed by atoms with Gasteiger partial charge in [0, 0.05) is 50.6 Å². The molecule has 0 bridgehead atoms. The third kappa shape index (κ3) is 13.1. The van der Waals surface area contributed by atoms with Gasteiger partial charge in [0.1, 0.15) is 0 Å². The number of alkyl halides is 6. The van der Waals surface area contributed by atoms with Crippen molar-refractivity contribution in [2.75, 3.05) is 14.7 Å². The van der Waals surface area contributed by atoms with E-state index in [1.54, 1.807) is 0 Å². The first-order valence-electron chi connectivity index (χ1n) is 29.1. The molecule has 88 heavy (non-hydrogen) atoms. The van der Waals surface area contributed by atoms with Crippen LogP contribution in [0.15, 0.2) is 286 Å². The molecule has 0 aromatic heterocycles. The molecule has 0 radical (unpaired) electrons. The highest BCUT2D eigenvalue weighted by molar-refractivity contribution is 6.00. The van der Waals surface area contributed by atoms with E-state index >= 15 is 26.3 Å². The molecule has 0 atom stereocenters. The van der Waals surface area contributed by atoms with Gasteiger partial charge in [-0.25, -0.2) is 0 Å². The first-order chi connectivity index (χ1) is 42.3. The van der Waals surface area contributed by atoms with Crippen molar-refractivity contribution >= 4 is 78.8 Å². The third-order valence-corrected chi connectivity index (χ3v) is 15.7. The molecular formula is C79H67F6N3. The van der Waals surface area contributed by atoms with Crippen LogP contribution >= 0.6 is 0 Å². The first kappa shape index (κ1) is 61.0. The van der Waals surface area contributed by atoms with Crippen molar-refractivity contribution in [3.05, 3.63) is 336 Å². The van der Waals surface area contributed by atoms with E-state index in [1.807, 2.05) is 163 Å². The molecule has 3 nitrogen and oxygen atoms in total. The summed E-state index contributed by atoms with van der Waals surface area (Å²) in [5, 5.41) is 3.60. The monoisotopic (exact) mass is 1170 g/mol. The molecule has 0 saturated heterocycles. The summed E-state index contributed by atoms with van der Waals surface area (Å²) in [6.45, 7) is 16.2. The molecule has 0 amide bonds. The van der Waals surface area contributed by atoms with E-state index < -0.39 is 28.9 Å². The molecule has 0 fully saturated rings. The van der Waals surface area contributed by atoms with Crippen LogP contribution in [0.5, 0.6) is 0 Å². The van der Waals surface area contributed by atoms with E-state index in [-0.39, 0.29) is 0 Å². The predicted octanol–water partition coefficient (Wildman–Crippen LogP) is 23.7. The van der Waals surface area contributed by atoms with E-state index in [4.69, 9.17) is 0 Å².